The van der Waals surface area contributed by atoms with Crippen LogP contribution in [0.2, 0.25) is 5.02 Å². The minimum Gasteiger partial charge on any atom is -0.492 e. The van der Waals surface area contributed by atoms with Gasteiger partial charge in [0.1, 0.15) is 5.75 Å². The molecule has 0 saturated heterocycles. The van der Waals surface area contributed by atoms with E-state index in [4.69, 9.17) is 22.1 Å². The van der Waals surface area contributed by atoms with Gasteiger partial charge in [-0.1, -0.05) is 29.8 Å². The maximum atomic E-state index is 5.99. The summed E-state index contributed by atoms with van der Waals surface area (Å²) in [5.41, 5.74) is 6.88. The molecule has 106 valence electrons. The predicted octanol–water partition coefficient (Wildman–Crippen LogP) is 4.53. The zero-order valence-corrected chi connectivity index (χ0v) is 13.0. The van der Waals surface area contributed by atoms with Crippen LogP contribution < -0.4 is 10.5 Å². The van der Waals surface area contributed by atoms with E-state index in [1.54, 1.807) is 11.8 Å². The average Bonchev–Trinajstić information content (AvgIpc) is 2.45. The van der Waals surface area contributed by atoms with Crippen molar-refractivity contribution in [1.82, 2.24) is 0 Å². The summed E-state index contributed by atoms with van der Waals surface area (Å²) in [4.78, 5) is 1.25. The Bertz CT molecular complexity index is 545. The van der Waals surface area contributed by atoms with E-state index in [1.165, 1.54) is 4.90 Å². The fourth-order valence-corrected chi connectivity index (χ4v) is 2.77. The molecule has 0 aliphatic carbocycles. The minimum absolute atomic E-state index is 0.0922. The molecular weight excluding hydrogens is 290 g/mol. The highest BCUT2D eigenvalue weighted by molar-refractivity contribution is 7.99. The van der Waals surface area contributed by atoms with Crippen LogP contribution >= 0.6 is 23.4 Å². The highest BCUT2D eigenvalue weighted by Crippen LogP contribution is 2.27. The molecule has 2 aromatic rings. The van der Waals surface area contributed by atoms with Crippen LogP contribution in [0.3, 0.4) is 0 Å². The Morgan fingerprint density at radius 1 is 1.20 bits per heavy atom. The third kappa shape index (κ3) is 4.44. The minimum atomic E-state index is -0.0922. The lowest BCUT2D eigenvalue weighted by molar-refractivity contribution is 0.338. The van der Waals surface area contributed by atoms with Crippen molar-refractivity contribution in [2.45, 2.75) is 17.9 Å². The van der Waals surface area contributed by atoms with Crippen molar-refractivity contribution in [3.63, 3.8) is 0 Å². The van der Waals surface area contributed by atoms with Crippen molar-refractivity contribution in [1.29, 1.82) is 0 Å². The van der Waals surface area contributed by atoms with Crippen LogP contribution in [-0.4, -0.2) is 12.4 Å². The Kier molecular flexibility index (Phi) is 5.77. The molecule has 4 heteroatoms. The summed E-state index contributed by atoms with van der Waals surface area (Å²) in [6, 6.07) is 15.8. The van der Waals surface area contributed by atoms with Crippen LogP contribution in [0.15, 0.2) is 53.4 Å². The highest BCUT2D eigenvalue weighted by Gasteiger charge is 2.08. The van der Waals surface area contributed by atoms with Gasteiger partial charge < -0.3 is 10.5 Å². The van der Waals surface area contributed by atoms with Crippen LogP contribution in [-0.2, 0) is 0 Å². The summed E-state index contributed by atoms with van der Waals surface area (Å²) < 4.78 is 5.82. The maximum absolute atomic E-state index is 5.99. The van der Waals surface area contributed by atoms with Crippen LogP contribution in [0.25, 0.3) is 0 Å². The van der Waals surface area contributed by atoms with Gasteiger partial charge in [0.15, 0.2) is 0 Å². The van der Waals surface area contributed by atoms with Crippen LogP contribution in [0.1, 0.15) is 18.5 Å². The molecule has 0 radical (unpaired) electrons. The number of rotatable bonds is 6. The first-order valence-electron chi connectivity index (χ1n) is 6.52. The number of ether oxygens (including phenoxy) is 1. The summed E-state index contributed by atoms with van der Waals surface area (Å²) in [6.45, 7) is 2.57. The van der Waals surface area contributed by atoms with Gasteiger partial charge in [-0.15, -0.1) is 11.8 Å². The van der Waals surface area contributed by atoms with Gasteiger partial charge in [-0.2, -0.15) is 0 Å². The number of hydrogen-bond acceptors (Lipinski definition) is 3. The van der Waals surface area contributed by atoms with Crippen molar-refractivity contribution >= 4 is 23.4 Å². The Balaban J connectivity index is 1.88. The highest BCUT2D eigenvalue weighted by atomic mass is 35.5. The lowest BCUT2D eigenvalue weighted by atomic mass is 10.1. The molecule has 2 rings (SSSR count). The van der Waals surface area contributed by atoms with Gasteiger partial charge in [0, 0.05) is 27.3 Å². The van der Waals surface area contributed by atoms with Crippen molar-refractivity contribution in [3.05, 3.63) is 59.1 Å². The van der Waals surface area contributed by atoms with E-state index >= 15 is 0 Å². The molecule has 0 fully saturated rings. The third-order valence-electron chi connectivity index (χ3n) is 2.82. The number of thioether (sulfide) groups is 1. The molecule has 0 bridgehead atoms. The zero-order valence-electron chi connectivity index (χ0n) is 11.4. The van der Waals surface area contributed by atoms with E-state index in [1.807, 2.05) is 43.3 Å². The average molecular weight is 308 g/mol. The molecular formula is C16H18ClNOS. The Morgan fingerprint density at radius 3 is 2.65 bits per heavy atom. The predicted molar refractivity (Wildman–Crippen MR) is 86.7 cm³/mol. The van der Waals surface area contributed by atoms with Gasteiger partial charge in [-0.05, 0) is 37.3 Å². The number of halogens is 1. The smallest absolute Gasteiger partial charge is 0.124 e. The molecule has 0 unspecified atom stereocenters. The fourth-order valence-electron chi connectivity index (χ4n) is 1.83. The molecule has 2 nitrogen and oxygen atoms in total. The molecule has 2 N–H and O–H groups in total. The van der Waals surface area contributed by atoms with Crippen LogP contribution in [0, 0.1) is 0 Å². The fraction of sp³-hybridized carbons (Fsp3) is 0.250. The molecule has 0 saturated carbocycles. The van der Waals surface area contributed by atoms with Gasteiger partial charge in [0.25, 0.3) is 0 Å². The normalized spacial score (nSPS) is 12.2. The molecule has 0 amide bonds. The van der Waals surface area contributed by atoms with Gasteiger partial charge in [-0.25, -0.2) is 0 Å². The van der Waals surface area contributed by atoms with Gasteiger partial charge in [0.05, 0.1) is 6.61 Å². The Labute approximate surface area is 129 Å². The van der Waals surface area contributed by atoms with Gasteiger partial charge >= 0.3 is 0 Å². The first-order chi connectivity index (χ1) is 9.66. The molecule has 0 heterocycles. The largest absolute Gasteiger partial charge is 0.492 e. The van der Waals surface area contributed by atoms with Crippen molar-refractivity contribution in [2.24, 2.45) is 5.73 Å². The van der Waals surface area contributed by atoms with Crippen LogP contribution in [0.4, 0.5) is 0 Å². The van der Waals surface area contributed by atoms with E-state index in [9.17, 15) is 0 Å². The van der Waals surface area contributed by atoms with E-state index in [-0.39, 0.29) is 6.04 Å². The van der Waals surface area contributed by atoms with Crippen LogP contribution in [0.5, 0.6) is 5.75 Å². The number of benzene rings is 2. The number of hydrogen-bond donors (Lipinski definition) is 1. The topological polar surface area (TPSA) is 35.2 Å². The summed E-state index contributed by atoms with van der Waals surface area (Å²) >= 11 is 7.76. The maximum Gasteiger partial charge on any atom is 0.124 e. The molecule has 0 spiro atoms. The van der Waals surface area contributed by atoms with E-state index in [2.05, 4.69) is 12.1 Å². The first-order valence-corrected chi connectivity index (χ1v) is 7.89. The molecule has 1 atom stereocenters. The molecule has 0 aromatic heterocycles. The molecule has 0 aliphatic heterocycles. The summed E-state index contributed by atoms with van der Waals surface area (Å²) in [6.07, 6.45) is 0. The van der Waals surface area contributed by atoms with E-state index < -0.39 is 0 Å². The van der Waals surface area contributed by atoms with E-state index in [0.29, 0.717) is 11.6 Å². The second kappa shape index (κ2) is 7.58. The van der Waals surface area contributed by atoms with Crippen molar-refractivity contribution in [2.75, 3.05) is 12.4 Å². The Morgan fingerprint density at radius 2 is 1.95 bits per heavy atom. The third-order valence-corrected chi connectivity index (χ3v) is 4.03. The number of nitrogens with two attached hydrogens (primary N) is 1. The van der Waals surface area contributed by atoms with E-state index in [0.717, 1.165) is 17.1 Å². The van der Waals surface area contributed by atoms with Gasteiger partial charge in [-0.3, -0.25) is 0 Å². The lowest BCUT2D eigenvalue weighted by Crippen LogP contribution is -2.09. The zero-order chi connectivity index (χ0) is 14.4. The summed E-state index contributed by atoms with van der Waals surface area (Å²) in [5.74, 6) is 1.71. The second-order valence-electron chi connectivity index (χ2n) is 4.48. The summed E-state index contributed by atoms with van der Waals surface area (Å²) in [5, 5.41) is 0.684. The van der Waals surface area contributed by atoms with Crippen molar-refractivity contribution < 1.29 is 4.74 Å². The standard InChI is InChI=1S/C16H18ClNOS/c1-12(18)15-11-13(17)7-8-16(15)19-9-10-20-14-5-3-2-4-6-14/h2-8,11-12H,9-10,18H2,1H3/t12-/m0/s1. The molecule has 20 heavy (non-hydrogen) atoms. The van der Waals surface area contributed by atoms with Gasteiger partial charge in [0.2, 0.25) is 0 Å². The molecule has 0 aliphatic rings. The SMILES string of the molecule is C[C@H](N)c1cc(Cl)ccc1OCCSc1ccccc1. The summed E-state index contributed by atoms with van der Waals surface area (Å²) in [7, 11) is 0. The molecule has 2 aromatic carbocycles. The quantitative estimate of drug-likeness (QED) is 0.629. The first kappa shape index (κ1) is 15.2. The monoisotopic (exact) mass is 307 g/mol. The second-order valence-corrected chi connectivity index (χ2v) is 6.09. The lowest BCUT2D eigenvalue weighted by Gasteiger charge is -2.14. The Hall–Kier alpha value is -1.16. The van der Waals surface area contributed by atoms with Crippen molar-refractivity contribution in [3.8, 4) is 5.75 Å².